The summed E-state index contributed by atoms with van der Waals surface area (Å²) in [4.78, 5) is 0. The van der Waals surface area contributed by atoms with Crippen molar-refractivity contribution in [1.29, 1.82) is 0 Å². The van der Waals surface area contributed by atoms with Gasteiger partial charge in [-0.25, -0.2) is 0 Å². The first-order valence-electron chi connectivity index (χ1n) is 1.20. The number of rotatable bonds is 0. The Morgan fingerprint density at radius 3 is 1.83 bits per heavy atom. The number of allylic oxidation sites excluding steroid dienone is 1. The molecule has 0 amide bonds. The average molecular weight is 129 g/mol. The number of hydrogen-bond donors (Lipinski definition) is 0. The van der Waals surface area contributed by atoms with Gasteiger partial charge >= 0.3 is 0 Å². The monoisotopic (exact) mass is 128 g/mol. The molecule has 0 spiro atoms. The summed E-state index contributed by atoms with van der Waals surface area (Å²) in [5.41, 5.74) is 1.32. The van der Waals surface area contributed by atoms with Crippen LogP contribution in [0.15, 0.2) is 10.6 Å². The van der Waals surface area contributed by atoms with Crippen molar-refractivity contribution in [1.82, 2.24) is 0 Å². The maximum atomic E-state index is 5.19. The Hall–Kier alpha value is 0.280. The molecule has 6 heavy (non-hydrogen) atoms. The quantitative estimate of drug-likeness (QED) is 0.474. The zero-order valence-electron chi connectivity index (χ0n) is 3.33. The summed E-state index contributed by atoms with van der Waals surface area (Å²) in [5, 5.41) is 0.617. The van der Waals surface area contributed by atoms with Gasteiger partial charge in [0.15, 0.2) is 0 Å². The van der Waals surface area contributed by atoms with Crippen LogP contribution in [0.1, 0.15) is 6.92 Å². The van der Waals surface area contributed by atoms with Gasteiger partial charge in [0.25, 0.3) is 0 Å². The highest BCUT2D eigenvalue weighted by atomic mass is 35.5. The van der Waals surface area contributed by atoms with E-state index >= 15 is 0 Å². The lowest BCUT2D eigenvalue weighted by molar-refractivity contribution is 0.824. The fraction of sp³-hybridized carbons (Fsp3) is 0.333. The highest BCUT2D eigenvalue weighted by molar-refractivity contribution is 6.36. The first-order chi connectivity index (χ1) is 2.27. The second kappa shape index (κ2) is 5.28. The molecule has 0 bridgehead atoms. The summed E-state index contributed by atoms with van der Waals surface area (Å²) in [7, 11) is 0. The molecule has 0 aromatic heterocycles. The molecule has 0 saturated heterocycles. The molecule has 0 saturated carbocycles. The van der Waals surface area contributed by atoms with Crippen LogP contribution in [-0.2, 0) is 0 Å². The predicted octanol–water partition coefficient (Wildman–Crippen LogP) is 1.50. The first-order valence-corrected chi connectivity index (χ1v) is 2.01. The van der Waals surface area contributed by atoms with Crippen molar-refractivity contribution in [2.75, 3.05) is 0 Å². The van der Waals surface area contributed by atoms with Crippen LogP contribution in [0.5, 0.6) is 0 Å². The van der Waals surface area contributed by atoms with E-state index in [9.17, 15) is 0 Å². The highest BCUT2D eigenvalue weighted by Crippen LogP contribution is 1.97. The second-order valence-electron chi connectivity index (χ2n) is 0.696. The Kier molecular flexibility index (Phi) is 8.41. The van der Waals surface area contributed by atoms with Crippen LogP contribution in [0.4, 0.5) is 0 Å². The van der Waals surface area contributed by atoms with Crippen LogP contribution < -0.4 is 0 Å². The van der Waals surface area contributed by atoms with Crippen molar-refractivity contribution < 1.29 is 5.48 Å². The van der Waals surface area contributed by atoms with Crippen LogP contribution in [0, 0.1) is 0 Å². The van der Waals surface area contributed by atoms with Crippen molar-refractivity contribution in [3.05, 3.63) is 10.6 Å². The van der Waals surface area contributed by atoms with Crippen molar-refractivity contribution in [3.63, 3.8) is 0 Å². The second-order valence-corrected chi connectivity index (χ2v) is 1.51. The Balaban J connectivity index is 0. The van der Waals surface area contributed by atoms with E-state index in [0.717, 1.165) is 0 Å². The molecular weight excluding hydrogens is 123 g/mol. The number of hydrogen-bond acceptors (Lipinski definition) is 0. The molecule has 0 heterocycles. The molecule has 3 heteroatoms. The third-order valence-corrected chi connectivity index (χ3v) is 0.698. The molecule has 0 fully saturated rings. The molecule has 0 aromatic rings. The van der Waals surface area contributed by atoms with Gasteiger partial charge in [-0.05, 0) is 6.92 Å². The lowest BCUT2D eigenvalue weighted by Gasteiger charge is -1.68. The molecule has 0 aliphatic rings. The average Bonchev–Trinajstić information content (AvgIpc) is 1.38. The van der Waals surface area contributed by atoms with Crippen LogP contribution in [0.2, 0.25) is 0 Å². The topological polar surface area (TPSA) is 31.5 Å². The normalized spacial score (nSPS) is 10.2. The van der Waals surface area contributed by atoms with Crippen LogP contribution in [0.3, 0.4) is 0 Å². The van der Waals surface area contributed by atoms with Crippen molar-refractivity contribution >= 4 is 23.2 Å². The summed E-state index contributed by atoms with van der Waals surface area (Å²) >= 11 is 10.2. The van der Waals surface area contributed by atoms with Crippen LogP contribution in [0.25, 0.3) is 0 Å². The fourth-order valence-corrected chi connectivity index (χ4v) is 0. The number of halogens is 2. The van der Waals surface area contributed by atoms with Gasteiger partial charge in [-0.1, -0.05) is 23.2 Å². The van der Waals surface area contributed by atoms with Crippen LogP contribution in [-0.4, -0.2) is 5.48 Å². The van der Waals surface area contributed by atoms with Gasteiger partial charge in [-0.2, -0.15) is 0 Å². The van der Waals surface area contributed by atoms with E-state index < -0.39 is 0 Å². The van der Waals surface area contributed by atoms with Gasteiger partial charge in [0.2, 0.25) is 0 Å². The zero-order valence-corrected chi connectivity index (χ0v) is 4.85. The van der Waals surface area contributed by atoms with Crippen molar-refractivity contribution in [3.8, 4) is 0 Å². The van der Waals surface area contributed by atoms with Gasteiger partial charge in [0.05, 0.1) is 0 Å². The minimum Gasteiger partial charge on any atom is -0.412 e. The van der Waals surface area contributed by atoms with E-state index in [1.807, 2.05) is 0 Å². The van der Waals surface area contributed by atoms with E-state index in [-0.39, 0.29) is 5.48 Å². The summed E-state index contributed by atoms with van der Waals surface area (Å²) in [6.07, 6.45) is 0. The highest BCUT2D eigenvalue weighted by Gasteiger charge is 1.66. The predicted molar refractivity (Wildman–Crippen MR) is 29.1 cm³/mol. The maximum absolute atomic E-state index is 5.19. The Morgan fingerprint density at radius 2 is 1.83 bits per heavy atom. The molecule has 2 N–H and O–H groups in total. The van der Waals surface area contributed by atoms with E-state index in [1.54, 1.807) is 6.92 Å². The Labute approximate surface area is 46.9 Å². The van der Waals surface area contributed by atoms with Gasteiger partial charge < -0.3 is 5.48 Å². The molecule has 38 valence electrons. The first kappa shape index (κ1) is 9.56. The molecule has 0 atom stereocenters. The lowest BCUT2D eigenvalue weighted by Crippen LogP contribution is -1.42. The van der Waals surface area contributed by atoms with Crippen molar-refractivity contribution in [2.45, 2.75) is 6.92 Å². The standard InChI is InChI=1S/C3H4Cl2.H2O/c1-3(5)2-4;/h2H,1H3;1H2/b3-2-;. The third-order valence-electron chi connectivity index (χ3n) is 0.150. The molecule has 0 rings (SSSR count). The maximum Gasteiger partial charge on any atom is 0.0262 e. The van der Waals surface area contributed by atoms with Gasteiger partial charge in [-0.3, -0.25) is 0 Å². The molecule has 0 aromatic carbocycles. The van der Waals surface area contributed by atoms with Crippen LogP contribution >= 0.6 is 23.2 Å². The van der Waals surface area contributed by atoms with Crippen molar-refractivity contribution in [2.24, 2.45) is 0 Å². The summed E-state index contributed by atoms with van der Waals surface area (Å²) in [6.45, 7) is 1.72. The lowest BCUT2D eigenvalue weighted by atomic mass is 10.8. The van der Waals surface area contributed by atoms with Gasteiger partial charge in [0.1, 0.15) is 0 Å². The summed E-state index contributed by atoms with van der Waals surface area (Å²) < 4.78 is 0. The van der Waals surface area contributed by atoms with Gasteiger partial charge in [0, 0.05) is 10.6 Å². The minimum atomic E-state index is 0. The molecular formula is C3H6Cl2O. The Bertz CT molecular complexity index is 46.8. The molecule has 0 aliphatic carbocycles. The third kappa shape index (κ3) is 8.86. The van der Waals surface area contributed by atoms with Gasteiger partial charge in [-0.15, -0.1) is 0 Å². The van der Waals surface area contributed by atoms with E-state index in [0.29, 0.717) is 5.03 Å². The van der Waals surface area contributed by atoms with E-state index in [1.165, 1.54) is 5.54 Å². The minimum absolute atomic E-state index is 0. The molecule has 0 radical (unpaired) electrons. The zero-order chi connectivity index (χ0) is 4.28. The summed E-state index contributed by atoms with van der Waals surface area (Å²) in [5.74, 6) is 0. The van der Waals surface area contributed by atoms with E-state index in [4.69, 9.17) is 23.2 Å². The SMILES string of the molecule is C/C(Cl)=C/Cl.O. The summed E-state index contributed by atoms with van der Waals surface area (Å²) in [6, 6.07) is 0. The molecule has 0 aliphatic heterocycles. The molecule has 1 nitrogen and oxygen atoms in total. The van der Waals surface area contributed by atoms with E-state index in [2.05, 4.69) is 0 Å². The fourth-order valence-electron chi connectivity index (χ4n) is 0. The molecule has 0 unspecified atom stereocenters. The largest absolute Gasteiger partial charge is 0.412 e. The Morgan fingerprint density at radius 1 is 1.67 bits per heavy atom. The smallest absolute Gasteiger partial charge is 0.0262 e.